The number of benzene rings is 1. The Balaban J connectivity index is 1.58. The summed E-state index contributed by atoms with van der Waals surface area (Å²) in [6.45, 7) is 7.57. The molecule has 2 aromatic rings. The van der Waals surface area contributed by atoms with Crippen molar-refractivity contribution in [2.24, 2.45) is 0 Å². The van der Waals surface area contributed by atoms with Crippen molar-refractivity contribution in [3.63, 3.8) is 0 Å². The Labute approximate surface area is 152 Å². The SMILES string of the molecule is CCn1cnnc1C(C)NC(=O)N1CCCN(c2ccc(F)cc2)CC1. The summed E-state index contributed by atoms with van der Waals surface area (Å²) in [5, 5.41) is 11.0. The molecule has 1 aromatic carbocycles. The van der Waals surface area contributed by atoms with Gasteiger partial charge in [0, 0.05) is 38.4 Å². The first-order valence-electron chi connectivity index (χ1n) is 9.02. The van der Waals surface area contributed by atoms with Crippen LogP contribution in [0.3, 0.4) is 0 Å². The molecule has 140 valence electrons. The number of amides is 2. The van der Waals surface area contributed by atoms with E-state index in [0.29, 0.717) is 13.1 Å². The number of aromatic nitrogens is 3. The van der Waals surface area contributed by atoms with Crippen LogP contribution in [0.2, 0.25) is 0 Å². The summed E-state index contributed by atoms with van der Waals surface area (Å²) in [7, 11) is 0. The van der Waals surface area contributed by atoms with E-state index in [9.17, 15) is 9.18 Å². The van der Waals surface area contributed by atoms with E-state index in [-0.39, 0.29) is 17.9 Å². The molecule has 2 heterocycles. The molecule has 1 saturated heterocycles. The number of aryl methyl sites for hydroxylation is 1. The second-order valence-electron chi connectivity index (χ2n) is 6.45. The molecule has 3 rings (SSSR count). The lowest BCUT2D eigenvalue weighted by molar-refractivity contribution is 0.197. The summed E-state index contributed by atoms with van der Waals surface area (Å²) in [4.78, 5) is 16.6. The summed E-state index contributed by atoms with van der Waals surface area (Å²) in [5.41, 5.74) is 0.984. The van der Waals surface area contributed by atoms with Gasteiger partial charge in [-0.25, -0.2) is 9.18 Å². The van der Waals surface area contributed by atoms with Gasteiger partial charge >= 0.3 is 6.03 Å². The Kier molecular flexibility index (Phi) is 5.70. The number of anilines is 1. The maximum absolute atomic E-state index is 13.1. The van der Waals surface area contributed by atoms with Crippen LogP contribution in [-0.4, -0.2) is 51.9 Å². The van der Waals surface area contributed by atoms with Crippen LogP contribution in [0.15, 0.2) is 30.6 Å². The van der Waals surface area contributed by atoms with Crippen LogP contribution < -0.4 is 10.2 Å². The smallest absolute Gasteiger partial charge is 0.318 e. The van der Waals surface area contributed by atoms with Crippen LogP contribution in [0.5, 0.6) is 0 Å². The van der Waals surface area contributed by atoms with Crippen molar-refractivity contribution in [2.45, 2.75) is 32.9 Å². The first-order chi connectivity index (χ1) is 12.6. The number of halogens is 1. The van der Waals surface area contributed by atoms with Gasteiger partial charge in [0.15, 0.2) is 5.82 Å². The maximum Gasteiger partial charge on any atom is 0.318 e. The highest BCUT2D eigenvalue weighted by Crippen LogP contribution is 2.17. The number of hydrogen-bond donors (Lipinski definition) is 1. The molecule has 1 atom stereocenters. The van der Waals surface area contributed by atoms with E-state index in [0.717, 1.165) is 37.6 Å². The van der Waals surface area contributed by atoms with Crippen LogP contribution in [0.1, 0.15) is 32.1 Å². The summed E-state index contributed by atoms with van der Waals surface area (Å²) >= 11 is 0. The number of urea groups is 1. The number of nitrogens with one attached hydrogen (secondary N) is 1. The zero-order valence-corrected chi connectivity index (χ0v) is 15.2. The van der Waals surface area contributed by atoms with Crippen LogP contribution in [0.25, 0.3) is 0 Å². The fraction of sp³-hybridized carbons (Fsp3) is 0.500. The number of hydrogen-bond acceptors (Lipinski definition) is 4. The van der Waals surface area contributed by atoms with Crippen LogP contribution in [-0.2, 0) is 6.54 Å². The minimum atomic E-state index is -0.238. The third-order valence-corrected chi connectivity index (χ3v) is 4.69. The lowest BCUT2D eigenvalue weighted by Gasteiger charge is -2.25. The standard InChI is InChI=1S/C18H25FN6O/c1-3-23-13-20-22-17(23)14(2)21-18(26)25-10-4-9-24(11-12-25)16-7-5-15(19)6-8-16/h5-8,13-14H,3-4,9-12H2,1-2H3,(H,21,26). The predicted molar refractivity (Wildman–Crippen MR) is 97.4 cm³/mol. The van der Waals surface area contributed by atoms with E-state index in [1.54, 1.807) is 18.5 Å². The lowest BCUT2D eigenvalue weighted by atomic mass is 10.2. The van der Waals surface area contributed by atoms with Crippen molar-refractivity contribution in [1.82, 2.24) is 25.0 Å². The highest BCUT2D eigenvalue weighted by atomic mass is 19.1. The molecule has 1 aromatic heterocycles. The van der Waals surface area contributed by atoms with Gasteiger partial charge in [0.25, 0.3) is 0 Å². The van der Waals surface area contributed by atoms with Crippen molar-refractivity contribution in [3.05, 3.63) is 42.2 Å². The van der Waals surface area contributed by atoms with Gasteiger partial charge in [0.2, 0.25) is 0 Å². The second kappa shape index (κ2) is 8.16. The van der Waals surface area contributed by atoms with Crippen molar-refractivity contribution < 1.29 is 9.18 Å². The zero-order valence-electron chi connectivity index (χ0n) is 15.2. The molecule has 2 amide bonds. The molecule has 1 unspecified atom stereocenters. The molecule has 1 aliphatic rings. The van der Waals surface area contributed by atoms with Gasteiger partial charge in [-0.15, -0.1) is 10.2 Å². The lowest BCUT2D eigenvalue weighted by Crippen LogP contribution is -2.43. The average Bonchev–Trinajstić information content (AvgIpc) is 2.99. The number of rotatable bonds is 4. The van der Waals surface area contributed by atoms with Crippen LogP contribution >= 0.6 is 0 Å². The molecule has 0 saturated carbocycles. The molecule has 1 aliphatic heterocycles. The minimum Gasteiger partial charge on any atom is -0.370 e. The molecule has 26 heavy (non-hydrogen) atoms. The third kappa shape index (κ3) is 4.12. The first-order valence-corrected chi connectivity index (χ1v) is 9.02. The molecule has 1 fully saturated rings. The normalized spacial score (nSPS) is 16.3. The Morgan fingerprint density at radius 3 is 2.73 bits per heavy atom. The van der Waals surface area contributed by atoms with Gasteiger partial charge in [-0.3, -0.25) is 0 Å². The topological polar surface area (TPSA) is 66.3 Å². The summed E-state index contributed by atoms with van der Waals surface area (Å²) in [5.74, 6) is 0.516. The van der Waals surface area contributed by atoms with E-state index in [4.69, 9.17) is 0 Å². The molecular formula is C18H25FN6O. The van der Waals surface area contributed by atoms with Gasteiger partial charge in [0.1, 0.15) is 12.1 Å². The van der Waals surface area contributed by atoms with Gasteiger partial charge in [-0.2, -0.15) is 0 Å². The average molecular weight is 360 g/mol. The molecule has 1 N–H and O–H groups in total. The van der Waals surface area contributed by atoms with E-state index < -0.39 is 0 Å². The largest absolute Gasteiger partial charge is 0.370 e. The van der Waals surface area contributed by atoms with E-state index in [2.05, 4.69) is 20.4 Å². The van der Waals surface area contributed by atoms with Gasteiger partial charge in [0.05, 0.1) is 6.04 Å². The molecule has 8 heteroatoms. The Bertz CT molecular complexity index is 732. The van der Waals surface area contributed by atoms with Crippen molar-refractivity contribution >= 4 is 11.7 Å². The predicted octanol–water partition coefficient (Wildman–Crippen LogP) is 2.42. The van der Waals surface area contributed by atoms with Gasteiger partial charge < -0.3 is 19.7 Å². The van der Waals surface area contributed by atoms with Crippen molar-refractivity contribution in [2.75, 3.05) is 31.1 Å². The van der Waals surface area contributed by atoms with Gasteiger partial charge in [-0.05, 0) is 44.5 Å². The summed E-state index contributed by atoms with van der Waals surface area (Å²) in [6.07, 6.45) is 2.54. The molecule has 7 nitrogen and oxygen atoms in total. The highest BCUT2D eigenvalue weighted by Gasteiger charge is 2.22. The van der Waals surface area contributed by atoms with E-state index >= 15 is 0 Å². The monoisotopic (exact) mass is 360 g/mol. The number of nitrogens with zero attached hydrogens (tertiary/aromatic N) is 5. The fourth-order valence-electron chi connectivity index (χ4n) is 3.21. The van der Waals surface area contributed by atoms with E-state index in [1.807, 2.05) is 23.3 Å². The summed E-state index contributed by atoms with van der Waals surface area (Å²) in [6, 6.07) is 6.20. The van der Waals surface area contributed by atoms with Crippen molar-refractivity contribution in [3.8, 4) is 0 Å². The first kappa shape index (κ1) is 18.2. The minimum absolute atomic E-state index is 0.0934. The van der Waals surface area contributed by atoms with Crippen LogP contribution in [0, 0.1) is 5.82 Å². The third-order valence-electron chi connectivity index (χ3n) is 4.69. The molecule has 0 aliphatic carbocycles. The molecule has 0 bridgehead atoms. The molecule has 0 spiro atoms. The quantitative estimate of drug-likeness (QED) is 0.909. The fourth-order valence-corrected chi connectivity index (χ4v) is 3.21. The second-order valence-corrected chi connectivity index (χ2v) is 6.45. The van der Waals surface area contributed by atoms with Crippen molar-refractivity contribution in [1.29, 1.82) is 0 Å². The van der Waals surface area contributed by atoms with Gasteiger partial charge in [-0.1, -0.05) is 0 Å². The molecule has 0 radical (unpaired) electrons. The van der Waals surface area contributed by atoms with Crippen LogP contribution in [0.4, 0.5) is 14.9 Å². The Hall–Kier alpha value is -2.64. The maximum atomic E-state index is 13.1. The summed E-state index contributed by atoms with van der Waals surface area (Å²) < 4.78 is 15.0. The number of carbonyl (C=O) groups excluding carboxylic acids is 1. The Morgan fingerprint density at radius 1 is 1.23 bits per heavy atom. The zero-order chi connectivity index (χ0) is 18.5. The van der Waals surface area contributed by atoms with E-state index in [1.165, 1.54) is 12.1 Å². The Morgan fingerprint density at radius 2 is 2.00 bits per heavy atom. The number of carbonyl (C=O) groups is 1. The highest BCUT2D eigenvalue weighted by molar-refractivity contribution is 5.74. The molecular weight excluding hydrogens is 335 g/mol.